The molecule has 0 saturated carbocycles. The van der Waals surface area contributed by atoms with Crippen molar-refractivity contribution < 1.29 is 9.59 Å². The summed E-state index contributed by atoms with van der Waals surface area (Å²) >= 11 is 0. The fraction of sp³-hybridized carbons (Fsp3) is 0.310. The number of hydrogen-bond donors (Lipinski definition) is 1. The molecule has 1 N–H and O–H groups in total. The van der Waals surface area contributed by atoms with Crippen LogP contribution in [-0.4, -0.2) is 28.8 Å². The molecule has 0 fully saturated rings. The highest BCUT2D eigenvalue weighted by molar-refractivity contribution is 5.88. The second-order valence-electron chi connectivity index (χ2n) is 8.86. The highest BCUT2D eigenvalue weighted by Gasteiger charge is 2.30. The van der Waals surface area contributed by atoms with Crippen LogP contribution in [0.25, 0.3) is 0 Å². The molecule has 0 saturated heterocycles. The fourth-order valence-electron chi connectivity index (χ4n) is 3.86. The van der Waals surface area contributed by atoms with E-state index in [-0.39, 0.29) is 17.9 Å². The Bertz CT molecular complexity index is 1010. The van der Waals surface area contributed by atoms with Crippen LogP contribution in [0.1, 0.15) is 42.5 Å². The highest BCUT2D eigenvalue weighted by Crippen LogP contribution is 2.17. The second-order valence-corrected chi connectivity index (χ2v) is 8.86. The van der Waals surface area contributed by atoms with Gasteiger partial charge in [-0.1, -0.05) is 90.5 Å². The van der Waals surface area contributed by atoms with Gasteiger partial charge in [-0.05, 0) is 43.9 Å². The molecule has 0 aliphatic heterocycles. The molecule has 0 aliphatic carbocycles. The Hall–Kier alpha value is -3.40. The first-order valence-corrected chi connectivity index (χ1v) is 11.7. The van der Waals surface area contributed by atoms with Gasteiger partial charge in [0.15, 0.2) is 0 Å². The summed E-state index contributed by atoms with van der Waals surface area (Å²) in [5.41, 5.74) is 4.33. The summed E-state index contributed by atoms with van der Waals surface area (Å²) in [7, 11) is 0. The van der Waals surface area contributed by atoms with Crippen molar-refractivity contribution in [1.82, 2.24) is 10.2 Å². The molecule has 3 aromatic rings. The minimum Gasteiger partial charge on any atom is -0.352 e. The standard InChI is InChI=1S/C29H34N2O2/c1-22(2)30-29(33)27(20-25-12-8-5-9-13-25)31(21-26-16-14-23(3)15-17-26)28(32)19-18-24-10-6-4-7-11-24/h4-17,22,27H,18-21H2,1-3H3,(H,30,33)/t27-/m0/s1. The number of carbonyl (C=O) groups is 2. The van der Waals surface area contributed by atoms with Crippen molar-refractivity contribution in [2.75, 3.05) is 0 Å². The summed E-state index contributed by atoms with van der Waals surface area (Å²) in [4.78, 5) is 28.6. The Labute approximate surface area is 197 Å². The van der Waals surface area contributed by atoms with Gasteiger partial charge in [0.1, 0.15) is 6.04 Å². The third-order valence-corrected chi connectivity index (χ3v) is 5.65. The molecule has 0 bridgehead atoms. The first-order valence-electron chi connectivity index (χ1n) is 11.7. The zero-order valence-electron chi connectivity index (χ0n) is 19.8. The van der Waals surface area contributed by atoms with E-state index >= 15 is 0 Å². The number of rotatable bonds is 10. The lowest BCUT2D eigenvalue weighted by Crippen LogP contribution is -2.51. The number of benzene rings is 3. The molecule has 0 aliphatic rings. The summed E-state index contributed by atoms with van der Waals surface area (Å²) < 4.78 is 0. The Balaban J connectivity index is 1.89. The first kappa shape index (κ1) is 24.2. The zero-order valence-corrected chi connectivity index (χ0v) is 19.8. The molecule has 3 rings (SSSR count). The number of carbonyl (C=O) groups excluding carboxylic acids is 2. The summed E-state index contributed by atoms with van der Waals surface area (Å²) in [5, 5.41) is 3.03. The van der Waals surface area contributed by atoms with Crippen LogP contribution < -0.4 is 5.32 Å². The molecule has 0 aromatic heterocycles. The molecule has 4 heteroatoms. The molecule has 172 valence electrons. The summed E-state index contributed by atoms with van der Waals surface area (Å²) in [6, 6.07) is 27.5. The van der Waals surface area contributed by atoms with Crippen LogP contribution in [0, 0.1) is 6.92 Å². The average Bonchev–Trinajstić information content (AvgIpc) is 2.82. The molecule has 0 spiro atoms. The fourth-order valence-corrected chi connectivity index (χ4v) is 3.86. The van der Waals surface area contributed by atoms with Crippen LogP contribution >= 0.6 is 0 Å². The number of amides is 2. The van der Waals surface area contributed by atoms with Crippen molar-refractivity contribution in [2.45, 2.75) is 58.7 Å². The SMILES string of the molecule is Cc1ccc(CN(C(=O)CCc2ccccc2)[C@@H](Cc2ccccc2)C(=O)NC(C)C)cc1. The largest absolute Gasteiger partial charge is 0.352 e. The lowest BCUT2D eigenvalue weighted by molar-refractivity contribution is -0.141. The van der Waals surface area contributed by atoms with Crippen molar-refractivity contribution in [3.05, 3.63) is 107 Å². The topological polar surface area (TPSA) is 49.4 Å². The number of hydrogen-bond acceptors (Lipinski definition) is 2. The molecule has 0 unspecified atom stereocenters. The molecule has 0 radical (unpaired) electrons. The van der Waals surface area contributed by atoms with Gasteiger partial charge in [-0.3, -0.25) is 9.59 Å². The molecule has 0 heterocycles. The first-order chi connectivity index (χ1) is 15.9. The van der Waals surface area contributed by atoms with Crippen LogP contribution in [-0.2, 0) is 29.0 Å². The molecule has 4 nitrogen and oxygen atoms in total. The van der Waals surface area contributed by atoms with Crippen LogP contribution in [0.3, 0.4) is 0 Å². The summed E-state index contributed by atoms with van der Waals surface area (Å²) in [5.74, 6) is -0.131. The van der Waals surface area contributed by atoms with Crippen molar-refractivity contribution in [3.8, 4) is 0 Å². The number of nitrogens with one attached hydrogen (secondary N) is 1. The van der Waals surface area contributed by atoms with Crippen molar-refractivity contribution >= 4 is 11.8 Å². The Morgan fingerprint density at radius 3 is 1.94 bits per heavy atom. The zero-order chi connectivity index (χ0) is 23.6. The van der Waals surface area contributed by atoms with E-state index in [4.69, 9.17) is 0 Å². The maximum Gasteiger partial charge on any atom is 0.243 e. The lowest BCUT2D eigenvalue weighted by atomic mass is 10.0. The summed E-state index contributed by atoms with van der Waals surface area (Å²) in [6.45, 7) is 6.33. The van der Waals surface area contributed by atoms with E-state index < -0.39 is 6.04 Å². The van der Waals surface area contributed by atoms with Gasteiger partial charge in [0.25, 0.3) is 0 Å². The molecular weight excluding hydrogens is 408 g/mol. The Morgan fingerprint density at radius 2 is 1.36 bits per heavy atom. The Kier molecular flexibility index (Phi) is 8.82. The van der Waals surface area contributed by atoms with Gasteiger partial charge in [0.2, 0.25) is 11.8 Å². The third-order valence-electron chi connectivity index (χ3n) is 5.65. The minimum atomic E-state index is -0.584. The summed E-state index contributed by atoms with van der Waals surface area (Å²) in [6.07, 6.45) is 1.48. The smallest absolute Gasteiger partial charge is 0.243 e. The maximum absolute atomic E-state index is 13.6. The van der Waals surface area contributed by atoms with Crippen LogP contribution in [0.2, 0.25) is 0 Å². The predicted octanol–water partition coefficient (Wildman–Crippen LogP) is 5.09. The van der Waals surface area contributed by atoms with Crippen molar-refractivity contribution in [3.63, 3.8) is 0 Å². The quantitative estimate of drug-likeness (QED) is 0.475. The van der Waals surface area contributed by atoms with E-state index in [0.29, 0.717) is 25.8 Å². The van der Waals surface area contributed by atoms with E-state index in [0.717, 1.165) is 16.7 Å². The average molecular weight is 443 g/mol. The van der Waals surface area contributed by atoms with Gasteiger partial charge in [0.05, 0.1) is 0 Å². The van der Waals surface area contributed by atoms with Gasteiger partial charge in [-0.2, -0.15) is 0 Å². The van der Waals surface area contributed by atoms with Gasteiger partial charge < -0.3 is 10.2 Å². The van der Waals surface area contributed by atoms with Gasteiger partial charge in [-0.15, -0.1) is 0 Å². The van der Waals surface area contributed by atoms with Crippen molar-refractivity contribution in [1.29, 1.82) is 0 Å². The van der Waals surface area contributed by atoms with Crippen molar-refractivity contribution in [2.24, 2.45) is 0 Å². The Morgan fingerprint density at radius 1 is 0.788 bits per heavy atom. The number of nitrogens with zero attached hydrogens (tertiary/aromatic N) is 1. The van der Waals surface area contributed by atoms with E-state index in [1.54, 1.807) is 4.90 Å². The molecular formula is C29H34N2O2. The van der Waals surface area contributed by atoms with Crippen LogP contribution in [0.5, 0.6) is 0 Å². The van der Waals surface area contributed by atoms with E-state index in [1.165, 1.54) is 5.56 Å². The maximum atomic E-state index is 13.6. The van der Waals surface area contributed by atoms with E-state index in [2.05, 4.69) is 5.32 Å². The minimum absolute atomic E-state index is 0.00332. The van der Waals surface area contributed by atoms with E-state index in [1.807, 2.05) is 106 Å². The molecule has 1 atom stereocenters. The molecule has 33 heavy (non-hydrogen) atoms. The second kappa shape index (κ2) is 12.0. The number of aryl methyl sites for hydroxylation is 2. The van der Waals surface area contributed by atoms with Gasteiger partial charge >= 0.3 is 0 Å². The van der Waals surface area contributed by atoms with E-state index in [9.17, 15) is 9.59 Å². The molecule has 2 amide bonds. The normalized spacial score (nSPS) is 11.8. The highest BCUT2D eigenvalue weighted by atomic mass is 16.2. The van der Waals surface area contributed by atoms with Crippen LogP contribution in [0.15, 0.2) is 84.9 Å². The third kappa shape index (κ3) is 7.60. The lowest BCUT2D eigenvalue weighted by Gasteiger charge is -2.32. The van der Waals surface area contributed by atoms with Gasteiger partial charge in [0, 0.05) is 25.4 Å². The van der Waals surface area contributed by atoms with Gasteiger partial charge in [-0.25, -0.2) is 0 Å². The predicted molar refractivity (Wildman–Crippen MR) is 134 cm³/mol. The molecule has 3 aromatic carbocycles. The monoisotopic (exact) mass is 442 g/mol. The van der Waals surface area contributed by atoms with Crippen LogP contribution in [0.4, 0.5) is 0 Å².